The summed E-state index contributed by atoms with van der Waals surface area (Å²) in [4.78, 5) is 82.8. The molecule has 0 aliphatic rings. The lowest BCUT2D eigenvalue weighted by molar-refractivity contribution is -0.159. The van der Waals surface area contributed by atoms with Crippen molar-refractivity contribution in [3.8, 4) is 11.4 Å². The normalized spacial score (nSPS) is 10.4. The van der Waals surface area contributed by atoms with Crippen molar-refractivity contribution < 1.29 is 47.7 Å². The summed E-state index contributed by atoms with van der Waals surface area (Å²) >= 11 is 0. The van der Waals surface area contributed by atoms with E-state index < -0.39 is 47.8 Å². The van der Waals surface area contributed by atoms with Gasteiger partial charge >= 0.3 is 23.9 Å². The molecule has 0 fully saturated rings. The van der Waals surface area contributed by atoms with Crippen molar-refractivity contribution in [1.29, 1.82) is 0 Å². The van der Waals surface area contributed by atoms with E-state index in [0.717, 1.165) is 0 Å². The summed E-state index contributed by atoms with van der Waals surface area (Å²) in [6, 6.07) is 1.97. The third-order valence-corrected chi connectivity index (χ3v) is 4.95. The molecule has 0 aliphatic carbocycles. The zero-order valence-electron chi connectivity index (χ0n) is 22.4. The van der Waals surface area contributed by atoms with Crippen LogP contribution in [0, 0.1) is 0 Å². The van der Waals surface area contributed by atoms with E-state index in [2.05, 4.69) is 20.6 Å². The molecule has 0 aromatic carbocycles. The molecule has 214 valence electrons. The number of hydrogen-bond acceptors (Lipinski definition) is 12. The van der Waals surface area contributed by atoms with E-state index in [1.165, 1.54) is 36.7 Å². The van der Waals surface area contributed by atoms with Gasteiger partial charge in [-0.2, -0.15) is 0 Å². The largest absolute Gasteiger partial charge is 0.464 e. The van der Waals surface area contributed by atoms with Gasteiger partial charge in [0.2, 0.25) is 12.1 Å². The highest BCUT2D eigenvalue weighted by Crippen LogP contribution is 2.17. The van der Waals surface area contributed by atoms with Crippen molar-refractivity contribution >= 4 is 35.7 Å². The SMILES string of the molecule is CCOC(=O)C(NC(=O)c1ccnc(-c2cc(C(=O)NC(C(=O)OCC)C(=O)OCC)ccn2)c1)C(=O)OCC. The maximum Gasteiger partial charge on any atom is 0.340 e. The summed E-state index contributed by atoms with van der Waals surface area (Å²) < 4.78 is 19.4. The van der Waals surface area contributed by atoms with Crippen molar-refractivity contribution in [3.63, 3.8) is 0 Å². The first kappa shape index (κ1) is 31.3. The van der Waals surface area contributed by atoms with Gasteiger partial charge in [0.05, 0.1) is 37.8 Å². The van der Waals surface area contributed by atoms with Crippen LogP contribution >= 0.6 is 0 Å². The number of amides is 2. The molecule has 0 unspecified atom stereocenters. The Balaban J connectivity index is 2.28. The summed E-state index contributed by atoms with van der Waals surface area (Å²) in [6.45, 7) is 6.14. The predicted molar refractivity (Wildman–Crippen MR) is 137 cm³/mol. The quantitative estimate of drug-likeness (QED) is 0.198. The lowest BCUT2D eigenvalue weighted by atomic mass is 10.1. The first-order chi connectivity index (χ1) is 19.2. The van der Waals surface area contributed by atoms with Crippen LogP contribution < -0.4 is 10.6 Å². The number of rotatable bonds is 13. The first-order valence-corrected chi connectivity index (χ1v) is 12.4. The average molecular weight is 559 g/mol. The lowest BCUT2D eigenvalue weighted by Crippen LogP contribution is -2.48. The molecule has 0 atom stereocenters. The van der Waals surface area contributed by atoms with Gasteiger partial charge < -0.3 is 29.6 Å². The lowest BCUT2D eigenvalue weighted by Gasteiger charge is -2.16. The number of esters is 4. The van der Waals surface area contributed by atoms with E-state index in [9.17, 15) is 28.8 Å². The maximum atomic E-state index is 12.9. The zero-order valence-corrected chi connectivity index (χ0v) is 22.4. The molecule has 0 saturated carbocycles. The second kappa shape index (κ2) is 15.5. The molecule has 2 N–H and O–H groups in total. The average Bonchev–Trinajstić information content (AvgIpc) is 2.94. The highest BCUT2D eigenvalue weighted by molar-refractivity contribution is 6.07. The fourth-order valence-electron chi connectivity index (χ4n) is 3.18. The summed E-state index contributed by atoms with van der Waals surface area (Å²) in [5.74, 6) is -5.51. The van der Waals surface area contributed by atoms with E-state index in [0.29, 0.717) is 0 Å². The van der Waals surface area contributed by atoms with Crippen LogP contribution in [0.5, 0.6) is 0 Å². The maximum absolute atomic E-state index is 12.9. The van der Waals surface area contributed by atoms with Gasteiger partial charge in [-0.25, -0.2) is 19.2 Å². The van der Waals surface area contributed by atoms with Crippen LogP contribution in [0.3, 0.4) is 0 Å². The van der Waals surface area contributed by atoms with Crippen LogP contribution in [0.4, 0.5) is 0 Å². The molecule has 14 nitrogen and oxygen atoms in total. The first-order valence-electron chi connectivity index (χ1n) is 12.4. The van der Waals surface area contributed by atoms with Gasteiger partial charge in [-0.15, -0.1) is 0 Å². The van der Waals surface area contributed by atoms with Crippen LogP contribution in [-0.4, -0.2) is 84.2 Å². The Bertz CT molecular complexity index is 1120. The fourth-order valence-corrected chi connectivity index (χ4v) is 3.18. The molecule has 14 heteroatoms. The summed E-state index contributed by atoms with van der Waals surface area (Å²) in [5.41, 5.74) is 0.367. The third-order valence-electron chi connectivity index (χ3n) is 4.95. The molecule has 0 radical (unpaired) electrons. The van der Waals surface area contributed by atoms with Gasteiger partial charge in [0.25, 0.3) is 11.8 Å². The molecule has 0 aliphatic heterocycles. The number of nitrogens with one attached hydrogen (secondary N) is 2. The van der Waals surface area contributed by atoms with E-state index in [1.807, 2.05) is 0 Å². The second-order valence-corrected chi connectivity index (χ2v) is 7.68. The molecular formula is C26H30N4O10. The van der Waals surface area contributed by atoms with Gasteiger partial charge in [0.1, 0.15) is 0 Å². The number of hydrogen-bond donors (Lipinski definition) is 2. The summed E-state index contributed by atoms with van der Waals surface area (Å²) in [5, 5.41) is 4.57. The standard InChI is InChI=1S/C26H30N4O10/c1-5-37-23(33)19(24(34)38-6-2)29-21(31)15-9-11-27-17(13-15)18-14-16(10-12-28-18)22(32)30-20(25(35)39-7-3)26(36)40-8-4/h9-14,19-20H,5-8H2,1-4H3,(H,29,31)(H,30,32). The molecule has 0 saturated heterocycles. The molecule has 2 aromatic rings. The number of ether oxygens (including phenoxy) is 4. The highest BCUT2D eigenvalue weighted by Gasteiger charge is 2.33. The smallest absolute Gasteiger partial charge is 0.340 e. The van der Waals surface area contributed by atoms with Gasteiger partial charge in [0, 0.05) is 23.5 Å². The number of pyridine rings is 2. The Kier molecular flexibility index (Phi) is 12.2. The summed E-state index contributed by atoms with van der Waals surface area (Å²) in [7, 11) is 0. The van der Waals surface area contributed by atoms with Crippen LogP contribution in [0.1, 0.15) is 48.4 Å². The fraction of sp³-hybridized carbons (Fsp3) is 0.385. The molecule has 40 heavy (non-hydrogen) atoms. The van der Waals surface area contributed by atoms with E-state index in [-0.39, 0.29) is 48.9 Å². The van der Waals surface area contributed by atoms with E-state index in [1.54, 1.807) is 27.7 Å². The van der Waals surface area contributed by atoms with Gasteiger partial charge in [-0.3, -0.25) is 19.6 Å². The molecular weight excluding hydrogens is 528 g/mol. The van der Waals surface area contributed by atoms with Crippen LogP contribution in [0.25, 0.3) is 11.4 Å². The van der Waals surface area contributed by atoms with Crippen LogP contribution in [0.15, 0.2) is 36.7 Å². The zero-order chi connectivity index (χ0) is 29.7. The Morgan fingerprint density at radius 1 is 0.600 bits per heavy atom. The molecule has 0 spiro atoms. The second-order valence-electron chi connectivity index (χ2n) is 7.68. The number of aromatic nitrogens is 2. The van der Waals surface area contributed by atoms with Crippen LogP contribution in [-0.2, 0) is 38.1 Å². The minimum atomic E-state index is -1.68. The van der Waals surface area contributed by atoms with E-state index >= 15 is 0 Å². The number of carbonyl (C=O) groups is 6. The molecule has 2 amide bonds. The van der Waals surface area contributed by atoms with Gasteiger partial charge in [0.15, 0.2) is 0 Å². The van der Waals surface area contributed by atoms with Gasteiger partial charge in [-0.1, -0.05) is 0 Å². The Morgan fingerprint density at radius 3 is 1.18 bits per heavy atom. The molecule has 2 rings (SSSR count). The van der Waals surface area contributed by atoms with E-state index in [4.69, 9.17) is 18.9 Å². The highest BCUT2D eigenvalue weighted by atomic mass is 16.6. The van der Waals surface area contributed by atoms with Crippen LogP contribution in [0.2, 0.25) is 0 Å². The number of nitrogens with zero attached hydrogens (tertiary/aromatic N) is 2. The predicted octanol–water partition coefficient (Wildman–Crippen LogP) is 0.593. The minimum absolute atomic E-state index is 0.0140. The van der Waals surface area contributed by atoms with Crippen molar-refractivity contribution in [2.24, 2.45) is 0 Å². The van der Waals surface area contributed by atoms with Gasteiger partial charge in [-0.05, 0) is 52.0 Å². The van der Waals surface area contributed by atoms with Crippen molar-refractivity contribution in [2.75, 3.05) is 26.4 Å². The molecule has 0 bridgehead atoms. The Hall–Kier alpha value is -4.88. The minimum Gasteiger partial charge on any atom is -0.464 e. The Morgan fingerprint density at radius 2 is 0.900 bits per heavy atom. The van der Waals surface area contributed by atoms with Crippen molar-refractivity contribution in [1.82, 2.24) is 20.6 Å². The van der Waals surface area contributed by atoms with Crippen molar-refractivity contribution in [2.45, 2.75) is 39.8 Å². The molecule has 2 heterocycles. The topological polar surface area (TPSA) is 189 Å². The third kappa shape index (κ3) is 8.58. The number of carbonyl (C=O) groups excluding carboxylic acids is 6. The molecule has 2 aromatic heterocycles. The summed E-state index contributed by atoms with van der Waals surface area (Å²) in [6.07, 6.45) is 2.58. The monoisotopic (exact) mass is 558 g/mol. The van der Waals surface area contributed by atoms with Crippen molar-refractivity contribution in [3.05, 3.63) is 47.8 Å². The Labute approximate surface area is 229 Å².